The van der Waals surface area contributed by atoms with Gasteiger partial charge in [0.1, 0.15) is 18.0 Å². The van der Waals surface area contributed by atoms with Gasteiger partial charge in [-0.05, 0) is 54.1 Å². The lowest BCUT2D eigenvalue weighted by Crippen LogP contribution is -2.40. The highest BCUT2D eigenvalue weighted by Crippen LogP contribution is 2.34. The van der Waals surface area contributed by atoms with E-state index < -0.39 is 0 Å². The maximum Gasteiger partial charge on any atom is 0.247 e. The van der Waals surface area contributed by atoms with Gasteiger partial charge in [-0.2, -0.15) is 5.10 Å². The number of halogens is 1. The Labute approximate surface area is 248 Å². The Morgan fingerprint density at radius 3 is 2.81 bits per heavy atom. The first-order valence-corrected chi connectivity index (χ1v) is 14.2. The normalized spacial score (nSPS) is 13.7. The van der Waals surface area contributed by atoms with Crippen molar-refractivity contribution in [2.24, 2.45) is 0 Å². The third kappa shape index (κ3) is 6.47. The van der Waals surface area contributed by atoms with Crippen LogP contribution in [0.25, 0.3) is 21.8 Å². The predicted molar refractivity (Wildman–Crippen MR) is 167 cm³/mol. The Morgan fingerprint density at radius 2 is 2.00 bits per heavy atom. The number of aromatic nitrogens is 4. The molecule has 5 aromatic rings. The van der Waals surface area contributed by atoms with E-state index in [-0.39, 0.29) is 11.7 Å². The summed E-state index contributed by atoms with van der Waals surface area (Å²) in [5.74, 6) is 0.0406. The quantitative estimate of drug-likeness (QED) is 0.227. The lowest BCUT2D eigenvalue weighted by molar-refractivity contribution is -0.111. The first kappa shape index (κ1) is 28.3. The first-order chi connectivity index (χ1) is 21.0. The number of ether oxygens (including phenoxy) is 1. The highest BCUT2D eigenvalue weighted by Gasteiger charge is 2.17. The zero-order chi connectivity index (χ0) is 29.8. The molecule has 1 amide bonds. The second-order valence-electron chi connectivity index (χ2n) is 10.5. The molecule has 1 fully saturated rings. The van der Waals surface area contributed by atoms with Gasteiger partial charge in [-0.25, -0.2) is 14.4 Å². The van der Waals surface area contributed by atoms with Crippen molar-refractivity contribution < 1.29 is 13.9 Å². The molecular weight excluding hydrogens is 547 g/mol. The molecule has 3 aromatic carbocycles. The van der Waals surface area contributed by atoms with E-state index in [0.29, 0.717) is 18.1 Å². The van der Waals surface area contributed by atoms with Crippen LogP contribution in [0.5, 0.6) is 0 Å². The van der Waals surface area contributed by atoms with Gasteiger partial charge in [0, 0.05) is 49.7 Å². The summed E-state index contributed by atoms with van der Waals surface area (Å²) in [6.07, 6.45) is 4.58. The fraction of sp³-hybridized carbons (Fsp3) is 0.250. The van der Waals surface area contributed by atoms with Gasteiger partial charge in [-0.3, -0.25) is 14.4 Å². The summed E-state index contributed by atoms with van der Waals surface area (Å²) < 4.78 is 21.0. The highest BCUT2D eigenvalue weighted by molar-refractivity contribution is 6.05. The molecule has 2 N–H and O–H groups in total. The summed E-state index contributed by atoms with van der Waals surface area (Å²) in [7, 11) is 2.01. The van der Waals surface area contributed by atoms with Crippen LogP contribution in [0.4, 0.5) is 27.3 Å². The minimum absolute atomic E-state index is 0.267. The van der Waals surface area contributed by atoms with E-state index in [9.17, 15) is 9.18 Å². The maximum atomic E-state index is 13.7. The minimum atomic E-state index is -0.297. The van der Waals surface area contributed by atoms with Crippen LogP contribution in [0.15, 0.2) is 79.8 Å². The maximum absolute atomic E-state index is 13.7. The largest absolute Gasteiger partial charge is 0.379 e. The smallest absolute Gasteiger partial charge is 0.247 e. The summed E-state index contributed by atoms with van der Waals surface area (Å²) in [5, 5.41) is 12.6. The van der Waals surface area contributed by atoms with E-state index in [0.717, 1.165) is 78.1 Å². The second kappa shape index (κ2) is 12.6. The van der Waals surface area contributed by atoms with E-state index in [1.54, 1.807) is 12.3 Å². The van der Waals surface area contributed by atoms with Crippen LogP contribution in [0.1, 0.15) is 5.56 Å². The topological polar surface area (TPSA) is 100 Å². The van der Waals surface area contributed by atoms with Crippen LogP contribution >= 0.6 is 0 Å². The molecule has 220 valence electrons. The van der Waals surface area contributed by atoms with Crippen LogP contribution in [0, 0.1) is 5.82 Å². The van der Waals surface area contributed by atoms with Crippen LogP contribution in [-0.2, 0) is 16.1 Å². The first-order valence-electron chi connectivity index (χ1n) is 14.2. The van der Waals surface area contributed by atoms with E-state index >= 15 is 0 Å². The van der Waals surface area contributed by atoms with E-state index in [2.05, 4.69) is 42.1 Å². The average molecular weight is 581 g/mol. The number of hydrogen-bond donors (Lipinski definition) is 2. The molecule has 0 unspecified atom stereocenters. The number of anilines is 4. The molecule has 1 aliphatic heterocycles. The Bertz CT molecular complexity index is 1780. The summed E-state index contributed by atoms with van der Waals surface area (Å²) in [6.45, 7) is 9.04. The van der Waals surface area contributed by atoms with Crippen molar-refractivity contribution in [3.8, 4) is 0 Å². The van der Waals surface area contributed by atoms with Gasteiger partial charge in [0.15, 0.2) is 0 Å². The summed E-state index contributed by atoms with van der Waals surface area (Å²) in [4.78, 5) is 25.9. The number of fused-ring (bicyclic) bond motifs is 2. The lowest BCUT2D eigenvalue weighted by Gasteiger charge is -2.30. The van der Waals surface area contributed by atoms with Crippen molar-refractivity contribution in [3.05, 3.63) is 91.2 Å². The number of nitrogens with zero attached hydrogens (tertiary/aromatic N) is 6. The number of benzene rings is 3. The Kier molecular flexibility index (Phi) is 8.25. The Balaban J connectivity index is 1.27. The van der Waals surface area contributed by atoms with Gasteiger partial charge in [0.2, 0.25) is 5.91 Å². The number of likely N-dealkylation sites (N-methyl/N-ethyl adjacent to an activating group) is 1. The Hall–Kier alpha value is -4.87. The van der Waals surface area contributed by atoms with Crippen molar-refractivity contribution in [1.82, 2.24) is 24.6 Å². The van der Waals surface area contributed by atoms with E-state index in [4.69, 9.17) is 4.74 Å². The molecule has 0 atom stereocenters. The van der Waals surface area contributed by atoms with Crippen LogP contribution in [0.2, 0.25) is 0 Å². The van der Waals surface area contributed by atoms with Gasteiger partial charge in [-0.15, -0.1) is 0 Å². The van der Waals surface area contributed by atoms with Crippen LogP contribution in [-0.4, -0.2) is 77.0 Å². The molecule has 10 nitrogen and oxygen atoms in total. The van der Waals surface area contributed by atoms with Crippen LogP contribution < -0.4 is 15.5 Å². The number of carbonyl (C=O) groups is 1. The number of rotatable bonds is 10. The fourth-order valence-electron chi connectivity index (χ4n) is 5.26. The third-order valence-corrected chi connectivity index (χ3v) is 7.59. The van der Waals surface area contributed by atoms with Crippen molar-refractivity contribution in [2.45, 2.75) is 6.54 Å². The zero-order valence-electron chi connectivity index (χ0n) is 24.0. The van der Waals surface area contributed by atoms with E-state index in [1.807, 2.05) is 48.1 Å². The molecule has 0 bridgehead atoms. The standard InChI is InChI=1S/C32H33FN8O2/c1-3-31(42)38-28-17-26-27(18-30(28)39(2)9-10-40-11-13-43-14-12-40)34-21-35-32(26)37-25-7-8-29-23(16-25)19-36-41(29)20-22-5-4-6-24(33)15-22/h3-8,15-19,21H,1,9-14,20H2,2H3,(H,38,42)(H,34,35,37). The van der Waals surface area contributed by atoms with Crippen molar-refractivity contribution in [1.29, 1.82) is 0 Å². The number of carbonyl (C=O) groups excluding carboxylic acids is 1. The molecular formula is C32H33FN8O2. The minimum Gasteiger partial charge on any atom is -0.379 e. The molecule has 6 rings (SSSR count). The van der Waals surface area contributed by atoms with Crippen molar-refractivity contribution in [3.63, 3.8) is 0 Å². The van der Waals surface area contributed by atoms with Gasteiger partial charge in [0.25, 0.3) is 0 Å². The molecule has 0 spiro atoms. The summed E-state index contributed by atoms with van der Waals surface area (Å²) >= 11 is 0. The summed E-state index contributed by atoms with van der Waals surface area (Å²) in [6, 6.07) is 16.3. The predicted octanol–water partition coefficient (Wildman–Crippen LogP) is 4.80. The molecule has 3 heterocycles. The Morgan fingerprint density at radius 1 is 1.14 bits per heavy atom. The van der Waals surface area contributed by atoms with Crippen LogP contribution in [0.3, 0.4) is 0 Å². The average Bonchev–Trinajstić information content (AvgIpc) is 3.42. The molecule has 1 aliphatic rings. The SMILES string of the molecule is C=CC(=O)Nc1cc2c(Nc3ccc4c(cnn4Cc4cccc(F)c4)c3)ncnc2cc1N(C)CCN1CCOCC1. The molecule has 43 heavy (non-hydrogen) atoms. The number of nitrogens with one attached hydrogen (secondary N) is 2. The fourth-order valence-corrected chi connectivity index (χ4v) is 5.26. The lowest BCUT2D eigenvalue weighted by atomic mass is 10.1. The molecule has 0 radical (unpaired) electrons. The third-order valence-electron chi connectivity index (χ3n) is 7.59. The monoisotopic (exact) mass is 580 g/mol. The molecule has 11 heteroatoms. The molecule has 0 saturated carbocycles. The zero-order valence-corrected chi connectivity index (χ0v) is 24.0. The molecule has 2 aromatic heterocycles. The second-order valence-corrected chi connectivity index (χ2v) is 10.5. The number of hydrogen-bond acceptors (Lipinski definition) is 8. The number of morpholine rings is 1. The summed E-state index contributed by atoms with van der Waals surface area (Å²) in [5.41, 5.74) is 4.83. The van der Waals surface area contributed by atoms with Gasteiger partial charge < -0.3 is 20.3 Å². The highest BCUT2D eigenvalue weighted by atomic mass is 19.1. The van der Waals surface area contributed by atoms with Gasteiger partial charge in [-0.1, -0.05) is 18.7 Å². The van der Waals surface area contributed by atoms with Gasteiger partial charge in [0.05, 0.1) is 48.4 Å². The molecule has 1 saturated heterocycles. The van der Waals surface area contributed by atoms with Crippen molar-refractivity contribution >= 4 is 50.6 Å². The molecule has 0 aliphatic carbocycles. The number of amides is 1. The van der Waals surface area contributed by atoms with Crippen molar-refractivity contribution in [2.75, 3.05) is 62.0 Å². The van der Waals surface area contributed by atoms with E-state index in [1.165, 1.54) is 24.5 Å². The van der Waals surface area contributed by atoms with Gasteiger partial charge >= 0.3 is 0 Å².